The first kappa shape index (κ1) is 12.9. The molecule has 0 atom stereocenters. The molecule has 0 bridgehead atoms. The number of carbonyl (C=O) groups is 1. The molecule has 1 saturated carbocycles. The Balaban J connectivity index is 1.72. The third-order valence-corrected chi connectivity index (χ3v) is 3.66. The summed E-state index contributed by atoms with van der Waals surface area (Å²) >= 11 is 0. The van der Waals surface area contributed by atoms with Crippen molar-refractivity contribution in [2.24, 2.45) is 5.92 Å². The maximum absolute atomic E-state index is 11.6. The van der Waals surface area contributed by atoms with E-state index in [-0.39, 0.29) is 12.5 Å². The molecule has 3 nitrogen and oxygen atoms in total. The Hall–Kier alpha value is -1.51. The number of ether oxygens (including phenoxy) is 1. The molecule has 0 aliphatic heterocycles. The molecule has 2 rings (SSSR count). The average molecular weight is 247 g/mol. The van der Waals surface area contributed by atoms with Gasteiger partial charge in [0.25, 0.3) is 5.91 Å². The van der Waals surface area contributed by atoms with E-state index in [0.29, 0.717) is 5.92 Å². The van der Waals surface area contributed by atoms with Crippen molar-refractivity contribution in [3.05, 3.63) is 29.3 Å². The fourth-order valence-electron chi connectivity index (χ4n) is 1.96. The van der Waals surface area contributed by atoms with Crippen LogP contribution in [0.25, 0.3) is 0 Å². The zero-order valence-corrected chi connectivity index (χ0v) is 11.2. The molecule has 1 fully saturated rings. The quantitative estimate of drug-likeness (QED) is 0.868. The monoisotopic (exact) mass is 247 g/mol. The van der Waals surface area contributed by atoms with E-state index in [4.69, 9.17) is 4.74 Å². The first-order valence-electron chi connectivity index (χ1n) is 6.62. The van der Waals surface area contributed by atoms with Crippen molar-refractivity contribution in [3.8, 4) is 5.75 Å². The summed E-state index contributed by atoms with van der Waals surface area (Å²) in [5.41, 5.74) is 2.42. The van der Waals surface area contributed by atoms with E-state index >= 15 is 0 Å². The number of nitrogens with one attached hydrogen (secondary N) is 1. The van der Waals surface area contributed by atoms with Gasteiger partial charge in [0.1, 0.15) is 5.75 Å². The van der Waals surface area contributed by atoms with Gasteiger partial charge in [0, 0.05) is 6.54 Å². The van der Waals surface area contributed by atoms with Crippen molar-refractivity contribution in [1.29, 1.82) is 0 Å². The lowest BCUT2D eigenvalue weighted by Gasteiger charge is -2.25. The highest BCUT2D eigenvalue weighted by Gasteiger charge is 2.17. The van der Waals surface area contributed by atoms with Crippen LogP contribution in [0.3, 0.4) is 0 Å². The molecule has 1 aromatic carbocycles. The number of benzene rings is 1. The van der Waals surface area contributed by atoms with E-state index < -0.39 is 0 Å². The Bertz CT molecular complexity index is 425. The van der Waals surface area contributed by atoms with E-state index in [1.807, 2.05) is 25.1 Å². The summed E-state index contributed by atoms with van der Waals surface area (Å²) in [4.78, 5) is 11.6. The lowest BCUT2D eigenvalue weighted by atomic mass is 9.85. The number of amides is 1. The molecule has 0 heterocycles. The molecule has 1 aliphatic rings. The second-order valence-corrected chi connectivity index (χ2v) is 5.14. The maximum Gasteiger partial charge on any atom is 0.257 e. The Morgan fingerprint density at radius 2 is 2.11 bits per heavy atom. The van der Waals surface area contributed by atoms with E-state index in [1.54, 1.807) is 0 Å². The molecule has 18 heavy (non-hydrogen) atoms. The van der Waals surface area contributed by atoms with Crippen LogP contribution in [0.5, 0.6) is 5.75 Å². The van der Waals surface area contributed by atoms with E-state index in [0.717, 1.165) is 12.3 Å². The fourth-order valence-corrected chi connectivity index (χ4v) is 1.96. The second kappa shape index (κ2) is 5.89. The Morgan fingerprint density at radius 1 is 1.33 bits per heavy atom. The highest BCUT2D eigenvalue weighted by Crippen LogP contribution is 2.25. The molecular weight excluding hydrogens is 226 g/mol. The SMILES string of the molecule is Cc1ccc(OCC(=O)NCC2CCC2)cc1C. The predicted molar refractivity (Wildman–Crippen MR) is 71.8 cm³/mol. The third-order valence-electron chi connectivity index (χ3n) is 3.66. The van der Waals surface area contributed by atoms with Gasteiger partial charge in [0.2, 0.25) is 0 Å². The van der Waals surface area contributed by atoms with E-state index in [2.05, 4.69) is 12.2 Å². The summed E-state index contributed by atoms with van der Waals surface area (Å²) in [6.45, 7) is 5.01. The van der Waals surface area contributed by atoms with Gasteiger partial charge in [-0.2, -0.15) is 0 Å². The van der Waals surface area contributed by atoms with E-state index in [9.17, 15) is 4.79 Å². The number of carbonyl (C=O) groups excluding carboxylic acids is 1. The largest absolute Gasteiger partial charge is 0.484 e. The molecule has 98 valence electrons. The van der Waals surface area contributed by atoms with Gasteiger partial charge in [0.05, 0.1) is 0 Å². The molecule has 0 radical (unpaired) electrons. The molecule has 1 N–H and O–H groups in total. The van der Waals surface area contributed by atoms with Gasteiger partial charge in [0.15, 0.2) is 6.61 Å². The average Bonchev–Trinajstić information content (AvgIpc) is 2.29. The van der Waals surface area contributed by atoms with Gasteiger partial charge in [-0.1, -0.05) is 12.5 Å². The topological polar surface area (TPSA) is 38.3 Å². The summed E-state index contributed by atoms with van der Waals surface area (Å²) in [5, 5.41) is 2.92. The zero-order chi connectivity index (χ0) is 13.0. The fraction of sp³-hybridized carbons (Fsp3) is 0.533. The van der Waals surface area contributed by atoms with Crippen molar-refractivity contribution in [1.82, 2.24) is 5.32 Å². The van der Waals surface area contributed by atoms with Crippen LogP contribution in [0, 0.1) is 19.8 Å². The molecular formula is C15H21NO2. The van der Waals surface area contributed by atoms with E-state index in [1.165, 1.54) is 30.4 Å². The van der Waals surface area contributed by atoms with Gasteiger partial charge in [-0.25, -0.2) is 0 Å². The summed E-state index contributed by atoms with van der Waals surface area (Å²) in [5.74, 6) is 1.42. The maximum atomic E-state index is 11.6. The van der Waals surface area contributed by atoms with Crippen LogP contribution in [-0.2, 0) is 4.79 Å². The summed E-state index contributed by atoms with van der Waals surface area (Å²) in [6.07, 6.45) is 3.80. The van der Waals surface area contributed by atoms with Crippen LogP contribution in [0.15, 0.2) is 18.2 Å². The van der Waals surface area contributed by atoms with Crippen LogP contribution >= 0.6 is 0 Å². The molecule has 0 spiro atoms. The van der Waals surface area contributed by atoms with Gasteiger partial charge in [-0.05, 0) is 55.9 Å². The Kier molecular flexibility index (Phi) is 4.24. The molecule has 0 aromatic heterocycles. The highest BCUT2D eigenvalue weighted by molar-refractivity contribution is 5.77. The van der Waals surface area contributed by atoms with Crippen molar-refractivity contribution >= 4 is 5.91 Å². The van der Waals surface area contributed by atoms with Gasteiger partial charge < -0.3 is 10.1 Å². The van der Waals surface area contributed by atoms with Crippen LogP contribution in [0.2, 0.25) is 0 Å². The second-order valence-electron chi connectivity index (χ2n) is 5.14. The molecule has 0 unspecified atom stereocenters. The van der Waals surface area contributed by atoms with Gasteiger partial charge >= 0.3 is 0 Å². The minimum atomic E-state index is -0.0277. The van der Waals surface area contributed by atoms with Crippen LogP contribution < -0.4 is 10.1 Å². The minimum absolute atomic E-state index is 0.0277. The van der Waals surface area contributed by atoms with Crippen molar-refractivity contribution in [2.75, 3.05) is 13.2 Å². The zero-order valence-electron chi connectivity index (χ0n) is 11.2. The van der Waals surface area contributed by atoms with Crippen molar-refractivity contribution in [2.45, 2.75) is 33.1 Å². The Morgan fingerprint density at radius 3 is 2.72 bits per heavy atom. The molecule has 0 saturated heterocycles. The molecule has 1 amide bonds. The molecule has 1 aromatic rings. The summed E-state index contributed by atoms with van der Waals surface area (Å²) < 4.78 is 5.48. The Labute approximate surface area is 109 Å². The smallest absolute Gasteiger partial charge is 0.257 e. The highest BCUT2D eigenvalue weighted by atomic mass is 16.5. The minimum Gasteiger partial charge on any atom is -0.484 e. The van der Waals surface area contributed by atoms with Crippen LogP contribution in [0.1, 0.15) is 30.4 Å². The summed E-state index contributed by atoms with van der Waals surface area (Å²) in [6, 6.07) is 5.88. The number of hydrogen-bond acceptors (Lipinski definition) is 2. The standard InChI is InChI=1S/C15H21NO2/c1-11-6-7-14(8-12(11)2)18-10-15(17)16-9-13-4-3-5-13/h6-8,13H,3-5,9-10H2,1-2H3,(H,16,17). The molecule has 1 aliphatic carbocycles. The number of aryl methyl sites for hydroxylation is 2. The number of hydrogen-bond donors (Lipinski definition) is 1. The van der Waals surface area contributed by atoms with Crippen LogP contribution in [0.4, 0.5) is 0 Å². The lowest BCUT2D eigenvalue weighted by molar-refractivity contribution is -0.123. The predicted octanol–water partition coefficient (Wildman–Crippen LogP) is 2.60. The summed E-state index contributed by atoms with van der Waals surface area (Å²) in [7, 11) is 0. The van der Waals surface area contributed by atoms with Gasteiger partial charge in [-0.3, -0.25) is 4.79 Å². The first-order chi connectivity index (χ1) is 8.65. The van der Waals surface area contributed by atoms with Crippen LogP contribution in [-0.4, -0.2) is 19.1 Å². The van der Waals surface area contributed by atoms with Gasteiger partial charge in [-0.15, -0.1) is 0 Å². The van der Waals surface area contributed by atoms with Crippen molar-refractivity contribution < 1.29 is 9.53 Å². The first-order valence-corrected chi connectivity index (χ1v) is 6.62. The third kappa shape index (κ3) is 3.49. The molecule has 3 heteroatoms. The van der Waals surface area contributed by atoms with Crippen molar-refractivity contribution in [3.63, 3.8) is 0 Å². The lowest BCUT2D eigenvalue weighted by Crippen LogP contribution is -2.35. The normalized spacial score (nSPS) is 15.0. The number of rotatable bonds is 5.